The fourth-order valence-corrected chi connectivity index (χ4v) is 2.98. The van der Waals surface area contributed by atoms with Crippen LogP contribution in [-0.4, -0.2) is 32.4 Å². The summed E-state index contributed by atoms with van der Waals surface area (Å²) >= 11 is 0. The molecule has 2 heterocycles. The summed E-state index contributed by atoms with van der Waals surface area (Å²) in [6.07, 6.45) is 1.90. The highest BCUT2D eigenvalue weighted by Crippen LogP contribution is 2.22. The van der Waals surface area contributed by atoms with Crippen molar-refractivity contribution in [2.45, 2.75) is 33.8 Å². The third-order valence-electron chi connectivity index (χ3n) is 4.35. The molecule has 3 aromatic rings. The van der Waals surface area contributed by atoms with Crippen molar-refractivity contribution < 1.29 is 14.3 Å². The lowest BCUT2D eigenvalue weighted by atomic mass is 10.1. The van der Waals surface area contributed by atoms with Gasteiger partial charge >= 0.3 is 5.97 Å². The molecule has 1 aromatic carbocycles. The van der Waals surface area contributed by atoms with Gasteiger partial charge in [-0.1, -0.05) is 18.2 Å². The average molecular weight is 363 g/mol. The molecule has 0 saturated carbocycles. The van der Waals surface area contributed by atoms with Crippen LogP contribution >= 0.6 is 0 Å². The number of aryl methyl sites for hydroxylation is 2. The minimum Gasteiger partial charge on any atom is -0.449 e. The zero-order valence-electron chi connectivity index (χ0n) is 15.8. The van der Waals surface area contributed by atoms with Crippen molar-refractivity contribution in [2.75, 3.05) is 0 Å². The van der Waals surface area contributed by atoms with E-state index in [4.69, 9.17) is 4.74 Å². The molecule has 138 valence electrons. The number of aromatic nitrogens is 3. The molecule has 0 aliphatic heterocycles. The van der Waals surface area contributed by atoms with Gasteiger partial charge in [-0.3, -0.25) is 9.78 Å². The van der Waals surface area contributed by atoms with E-state index in [1.807, 2.05) is 54.8 Å². The molecular formula is C21H21N3O3. The lowest BCUT2D eigenvalue weighted by Gasteiger charge is -2.13. The number of carbonyl (C=O) groups is 2. The summed E-state index contributed by atoms with van der Waals surface area (Å²) in [6.45, 7) is 7.16. The summed E-state index contributed by atoms with van der Waals surface area (Å²) in [7, 11) is 0. The Hall–Kier alpha value is -3.28. The first-order valence-corrected chi connectivity index (χ1v) is 8.66. The maximum atomic E-state index is 12.9. The topological polar surface area (TPSA) is 74.1 Å². The van der Waals surface area contributed by atoms with Crippen LogP contribution in [0.3, 0.4) is 0 Å². The molecule has 27 heavy (non-hydrogen) atoms. The molecule has 0 aliphatic rings. The molecule has 0 fully saturated rings. The Bertz CT molecular complexity index is 976. The van der Waals surface area contributed by atoms with Gasteiger partial charge in [0.05, 0.1) is 11.9 Å². The number of benzene rings is 1. The number of hydrogen-bond donors (Lipinski definition) is 0. The first-order chi connectivity index (χ1) is 12.9. The molecular weight excluding hydrogens is 342 g/mol. The number of carbonyl (C=O) groups excluding carboxylic acids is 2. The van der Waals surface area contributed by atoms with Gasteiger partial charge in [-0.05, 0) is 45.9 Å². The number of ether oxygens (including phenoxy) is 1. The van der Waals surface area contributed by atoms with E-state index in [1.165, 1.54) is 12.4 Å². The Morgan fingerprint density at radius 3 is 2.37 bits per heavy atom. The van der Waals surface area contributed by atoms with Gasteiger partial charge in [0, 0.05) is 28.8 Å². The molecule has 0 saturated heterocycles. The summed E-state index contributed by atoms with van der Waals surface area (Å²) in [4.78, 5) is 33.1. The lowest BCUT2D eigenvalue weighted by molar-refractivity contribution is 0.0312. The fourth-order valence-electron chi connectivity index (χ4n) is 2.98. The quantitative estimate of drug-likeness (QED) is 0.511. The van der Waals surface area contributed by atoms with Crippen molar-refractivity contribution in [3.05, 3.63) is 77.1 Å². The predicted octanol–water partition coefficient (Wildman–Crippen LogP) is 3.62. The second-order valence-electron chi connectivity index (χ2n) is 6.41. The van der Waals surface area contributed by atoms with Crippen LogP contribution in [0.1, 0.15) is 44.9 Å². The van der Waals surface area contributed by atoms with E-state index < -0.39 is 12.1 Å². The number of rotatable bonds is 5. The molecule has 1 atom stereocenters. The van der Waals surface area contributed by atoms with Gasteiger partial charge in [0.2, 0.25) is 5.78 Å². The van der Waals surface area contributed by atoms with Crippen molar-refractivity contribution in [3.63, 3.8) is 0 Å². The Balaban J connectivity index is 1.81. The lowest BCUT2D eigenvalue weighted by Crippen LogP contribution is -2.25. The van der Waals surface area contributed by atoms with E-state index in [9.17, 15) is 9.59 Å². The number of para-hydroxylation sites is 1. The van der Waals surface area contributed by atoms with Crippen LogP contribution in [0.4, 0.5) is 0 Å². The third-order valence-corrected chi connectivity index (χ3v) is 4.35. The smallest absolute Gasteiger partial charge is 0.359 e. The maximum absolute atomic E-state index is 12.9. The second-order valence-corrected chi connectivity index (χ2v) is 6.41. The van der Waals surface area contributed by atoms with Gasteiger partial charge < -0.3 is 9.30 Å². The summed E-state index contributed by atoms with van der Waals surface area (Å²) in [5.74, 6) is -0.918. The van der Waals surface area contributed by atoms with Gasteiger partial charge in [-0.2, -0.15) is 0 Å². The highest BCUT2D eigenvalue weighted by atomic mass is 16.5. The Morgan fingerprint density at radius 1 is 1.04 bits per heavy atom. The van der Waals surface area contributed by atoms with E-state index in [2.05, 4.69) is 9.97 Å². The van der Waals surface area contributed by atoms with Gasteiger partial charge in [0.1, 0.15) is 0 Å². The van der Waals surface area contributed by atoms with Gasteiger partial charge in [0.15, 0.2) is 11.8 Å². The molecule has 0 radical (unpaired) electrons. The van der Waals surface area contributed by atoms with Gasteiger partial charge in [-0.15, -0.1) is 0 Å². The van der Waals surface area contributed by atoms with Crippen LogP contribution in [0.15, 0.2) is 48.8 Å². The number of nitrogens with zero attached hydrogens (tertiary/aromatic N) is 3. The van der Waals surface area contributed by atoms with Crippen LogP contribution < -0.4 is 0 Å². The van der Waals surface area contributed by atoms with E-state index >= 15 is 0 Å². The predicted molar refractivity (Wildman–Crippen MR) is 101 cm³/mol. The average Bonchev–Trinajstić information content (AvgIpc) is 2.96. The zero-order valence-corrected chi connectivity index (χ0v) is 15.8. The normalized spacial score (nSPS) is 11.9. The number of hydrogen-bond acceptors (Lipinski definition) is 5. The van der Waals surface area contributed by atoms with Crippen LogP contribution in [-0.2, 0) is 4.74 Å². The van der Waals surface area contributed by atoms with E-state index in [0.717, 1.165) is 17.1 Å². The highest BCUT2D eigenvalue weighted by Gasteiger charge is 2.25. The number of Topliss-reactive ketones (excluding diaryl/α,β-unsaturated/α-hetero) is 1. The number of ketones is 1. The molecule has 2 aromatic heterocycles. The minimum atomic E-state index is -0.926. The van der Waals surface area contributed by atoms with Crippen molar-refractivity contribution in [3.8, 4) is 5.69 Å². The van der Waals surface area contributed by atoms with E-state index in [0.29, 0.717) is 11.3 Å². The molecule has 0 unspecified atom stereocenters. The van der Waals surface area contributed by atoms with Crippen molar-refractivity contribution >= 4 is 11.8 Å². The summed E-state index contributed by atoms with van der Waals surface area (Å²) in [6, 6.07) is 11.6. The molecule has 6 heteroatoms. The molecule has 0 bridgehead atoms. The standard InChI is InChI=1S/C21H21N3O3/c1-13-11-23-19(12-22-13)21(26)27-16(4)20(25)18-10-14(2)24(15(18)3)17-8-6-5-7-9-17/h5-12,16H,1-4H3/t16-/m1/s1. The van der Waals surface area contributed by atoms with Crippen molar-refractivity contribution in [2.24, 2.45) is 0 Å². The van der Waals surface area contributed by atoms with Crippen molar-refractivity contribution in [1.82, 2.24) is 14.5 Å². The van der Waals surface area contributed by atoms with Crippen LogP contribution in [0.25, 0.3) is 5.69 Å². The van der Waals surface area contributed by atoms with Gasteiger partial charge in [-0.25, -0.2) is 9.78 Å². The molecule has 0 aliphatic carbocycles. The molecule has 0 amide bonds. The Morgan fingerprint density at radius 2 is 1.74 bits per heavy atom. The molecule has 0 spiro atoms. The van der Waals surface area contributed by atoms with Gasteiger partial charge in [0.25, 0.3) is 0 Å². The summed E-state index contributed by atoms with van der Waals surface area (Å²) in [5.41, 5.74) is 4.03. The Kier molecular flexibility index (Phi) is 5.16. The van der Waals surface area contributed by atoms with Crippen LogP contribution in [0.2, 0.25) is 0 Å². The SMILES string of the molecule is Cc1cnc(C(=O)O[C@H](C)C(=O)c2cc(C)n(-c3ccccc3)c2C)cn1. The first kappa shape index (κ1) is 18.5. The van der Waals surface area contributed by atoms with Crippen LogP contribution in [0.5, 0.6) is 0 Å². The van der Waals surface area contributed by atoms with E-state index in [-0.39, 0.29) is 11.5 Å². The fraction of sp³-hybridized carbons (Fsp3) is 0.238. The van der Waals surface area contributed by atoms with Crippen molar-refractivity contribution in [1.29, 1.82) is 0 Å². The summed E-state index contributed by atoms with van der Waals surface area (Å²) < 4.78 is 7.31. The maximum Gasteiger partial charge on any atom is 0.359 e. The minimum absolute atomic E-state index is 0.0787. The van der Waals surface area contributed by atoms with E-state index in [1.54, 1.807) is 13.8 Å². The Labute approximate surface area is 157 Å². The second kappa shape index (κ2) is 7.53. The largest absolute Gasteiger partial charge is 0.449 e. The molecule has 0 N–H and O–H groups in total. The summed E-state index contributed by atoms with van der Waals surface area (Å²) in [5, 5.41) is 0. The highest BCUT2D eigenvalue weighted by molar-refractivity contribution is 6.02. The molecule has 3 rings (SSSR count). The zero-order chi connectivity index (χ0) is 19.6. The number of esters is 1. The first-order valence-electron chi connectivity index (χ1n) is 8.66. The monoisotopic (exact) mass is 363 g/mol. The van der Waals surface area contributed by atoms with Crippen LogP contribution in [0, 0.1) is 20.8 Å². The third kappa shape index (κ3) is 3.79. The molecule has 6 nitrogen and oxygen atoms in total.